The van der Waals surface area contributed by atoms with E-state index in [2.05, 4.69) is 40.4 Å². The molecule has 162 valence electrons. The number of aliphatic hydroxyl groups excluding tert-OH is 1. The zero-order chi connectivity index (χ0) is 22.3. The first-order valence-electron chi connectivity index (χ1n) is 10.2. The first kappa shape index (κ1) is 22.2. The zero-order valence-electron chi connectivity index (χ0n) is 19.0. The first-order valence-corrected chi connectivity index (χ1v) is 13.1. The maximum absolute atomic E-state index is 10.6. The summed E-state index contributed by atoms with van der Waals surface area (Å²) >= 11 is 0. The minimum absolute atomic E-state index is 0.0689. The van der Waals surface area contributed by atoms with Gasteiger partial charge >= 0.3 is 0 Å². The molecule has 0 radical (unpaired) electrons. The molecule has 5 nitrogen and oxygen atoms in total. The van der Waals surface area contributed by atoms with E-state index in [0.717, 1.165) is 28.3 Å². The second-order valence-corrected chi connectivity index (χ2v) is 14.0. The maximum Gasteiger partial charge on any atom is 0.250 e. The van der Waals surface area contributed by atoms with E-state index in [4.69, 9.17) is 13.9 Å². The Morgan fingerprint density at radius 2 is 1.60 bits per heavy atom. The molecule has 6 heteroatoms. The standard InChI is InChI=1S/C24H33NO4Si/c1-16-22(25(23(16)26)18-10-12-19(27-5)13-11-18)17-9-14-20(28-6)21(15-17)29-30(7,8)24(2,3)4/h9-15,22-23,26H,1H2,2-8H3/t22-,23?/m1/s1. The fourth-order valence-electron chi connectivity index (χ4n) is 3.35. The van der Waals surface area contributed by atoms with Crippen molar-refractivity contribution in [1.82, 2.24) is 0 Å². The van der Waals surface area contributed by atoms with Gasteiger partial charge in [-0.05, 0) is 65.7 Å². The third-order valence-corrected chi connectivity index (χ3v) is 10.6. The molecule has 30 heavy (non-hydrogen) atoms. The number of rotatable bonds is 6. The quantitative estimate of drug-likeness (QED) is 0.486. The van der Waals surface area contributed by atoms with Gasteiger partial charge in [0.05, 0.1) is 20.3 Å². The Morgan fingerprint density at radius 3 is 2.13 bits per heavy atom. The van der Waals surface area contributed by atoms with Crippen molar-refractivity contribution in [2.75, 3.05) is 19.1 Å². The van der Waals surface area contributed by atoms with Crippen molar-refractivity contribution < 1.29 is 19.0 Å². The second-order valence-electron chi connectivity index (χ2n) is 9.23. The molecular weight excluding hydrogens is 394 g/mol. The number of methoxy groups -OCH3 is 2. The molecule has 2 atom stereocenters. The summed E-state index contributed by atoms with van der Waals surface area (Å²) in [4.78, 5) is 1.94. The fraction of sp³-hybridized carbons (Fsp3) is 0.417. The number of nitrogens with zero attached hydrogens (tertiary/aromatic N) is 1. The van der Waals surface area contributed by atoms with Crippen LogP contribution < -0.4 is 18.8 Å². The summed E-state index contributed by atoms with van der Waals surface area (Å²) in [6.07, 6.45) is -0.727. The molecule has 1 N–H and O–H groups in total. The first-order chi connectivity index (χ1) is 14.0. The molecule has 3 rings (SSSR count). The highest BCUT2D eigenvalue weighted by atomic mass is 28.4. The second kappa shape index (κ2) is 8.00. The summed E-state index contributed by atoms with van der Waals surface area (Å²) in [5.74, 6) is 2.23. The summed E-state index contributed by atoms with van der Waals surface area (Å²) in [7, 11) is 1.25. The Hall–Kier alpha value is -2.44. The SMILES string of the molecule is C=C1C(O)N(c2ccc(OC)cc2)[C@H]1c1ccc(OC)c(O[Si](C)(C)C(C)(C)C)c1. The van der Waals surface area contributed by atoms with Gasteiger partial charge in [-0.25, -0.2) is 0 Å². The topological polar surface area (TPSA) is 51.2 Å². The van der Waals surface area contributed by atoms with E-state index in [1.165, 1.54) is 0 Å². The fourth-order valence-corrected chi connectivity index (χ4v) is 4.36. The van der Waals surface area contributed by atoms with Crippen molar-refractivity contribution in [3.05, 3.63) is 60.2 Å². The van der Waals surface area contributed by atoms with Crippen molar-refractivity contribution >= 4 is 14.0 Å². The number of aliphatic hydroxyl groups is 1. The van der Waals surface area contributed by atoms with Crippen LogP contribution in [0.5, 0.6) is 17.2 Å². The molecule has 0 aliphatic carbocycles. The van der Waals surface area contributed by atoms with E-state index in [9.17, 15) is 5.11 Å². The number of hydrogen-bond acceptors (Lipinski definition) is 5. The lowest BCUT2D eigenvalue weighted by Crippen LogP contribution is -2.52. The van der Waals surface area contributed by atoms with Gasteiger partial charge in [0.2, 0.25) is 0 Å². The van der Waals surface area contributed by atoms with Crippen LogP contribution in [0.1, 0.15) is 32.4 Å². The van der Waals surface area contributed by atoms with Crippen LogP contribution in [0.3, 0.4) is 0 Å². The molecule has 1 heterocycles. The summed E-state index contributed by atoms with van der Waals surface area (Å²) in [5.41, 5.74) is 2.67. The molecule has 0 amide bonds. The number of anilines is 1. The smallest absolute Gasteiger partial charge is 0.250 e. The van der Waals surface area contributed by atoms with Gasteiger partial charge in [-0.15, -0.1) is 0 Å². The van der Waals surface area contributed by atoms with Gasteiger partial charge in [0.25, 0.3) is 8.32 Å². The minimum Gasteiger partial charge on any atom is -0.541 e. The largest absolute Gasteiger partial charge is 0.541 e. The highest BCUT2D eigenvalue weighted by Crippen LogP contribution is 2.47. The van der Waals surface area contributed by atoms with Crippen molar-refractivity contribution in [2.45, 2.75) is 51.2 Å². The highest BCUT2D eigenvalue weighted by molar-refractivity contribution is 6.74. The van der Waals surface area contributed by atoms with E-state index in [1.54, 1.807) is 14.2 Å². The molecule has 0 saturated carbocycles. The average Bonchev–Trinajstić information content (AvgIpc) is 2.70. The maximum atomic E-state index is 10.6. The van der Waals surface area contributed by atoms with Crippen LogP contribution in [0.15, 0.2) is 54.6 Å². The summed E-state index contributed by atoms with van der Waals surface area (Å²) in [5, 5.41) is 10.7. The van der Waals surface area contributed by atoms with E-state index in [1.807, 2.05) is 47.4 Å². The molecule has 1 aliphatic rings. The van der Waals surface area contributed by atoms with Crippen molar-refractivity contribution in [2.24, 2.45) is 0 Å². The Balaban J connectivity index is 1.96. The molecule has 1 saturated heterocycles. The Bertz CT molecular complexity index is 918. The van der Waals surface area contributed by atoms with E-state index >= 15 is 0 Å². The van der Waals surface area contributed by atoms with Crippen LogP contribution in [0.2, 0.25) is 18.1 Å². The Labute approximate surface area is 181 Å². The summed E-state index contributed by atoms with van der Waals surface area (Å²) in [6.45, 7) is 15.2. The van der Waals surface area contributed by atoms with Crippen LogP contribution in [0.4, 0.5) is 5.69 Å². The van der Waals surface area contributed by atoms with Gasteiger partial charge in [0.1, 0.15) is 11.5 Å². The third kappa shape index (κ3) is 3.94. The van der Waals surface area contributed by atoms with Gasteiger partial charge in [-0.2, -0.15) is 0 Å². The van der Waals surface area contributed by atoms with Gasteiger partial charge in [0, 0.05) is 5.69 Å². The molecule has 1 aliphatic heterocycles. The van der Waals surface area contributed by atoms with Gasteiger partial charge in [0.15, 0.2) is 12.0 Å². The van der Waals surface area contributed by atoms with Crippen molar-refractivity contribution in [3.63, 3.8) is 0 Å². The minimum atomic E-state index is -2.04. The Kier molecular flexibility index (Phi) is 5.93. The number of hydrogen-bond donors (Lipinski definition) is 1. The summed E-state index contributed by atoms with van der Waals surface area (Å²) < 4.78 is 17.4. The van der Waals surface area contributed by atoms with Crippen molar-refractivity contribution in [1.29, 1.82) is 0 Å². The van der Waals surface area contributed by atoms with Gasteiger partial charge < -0.3 is 23.9 Å². The third-order valence-electron chi connectivity index (χ3n) is 6.27. The lowest BCUT2D eigenvalue weighted by Gasteiger charge is -2.49. The van der Waals surface area contributed by atoms with E-state index in [0.29, 0.717) is 5.75 Å². The zero-order valence-corrected chi connectivity index (χ0v) is 20.0. The predicted molar refractivity (Wildman–Crippen MR) is 124 cm³/mol. The molecule has 1 fully saturated rings. The predicted octanol–water partition coefficient (Wildman–Crippen LogP) is 5.52. The summed E-state index contributed by atoms with van der Waals surface area (Å²) in [6, 6.07) is 13.5. The molecule has 0 spiro atoms. The van der Waals surface area contributed by atoms with Crippen LogP contribution >= 0.6 is 0 Å². The highest BCUT2D eigenvalue weighted by Gasteiger charge is 2.43. The van der Waals surface area contributed by atoms with Crippen LogP contribution in [-0.2, 0) is 0 Å². The Morgan fingerprint density at radius 1 is 0.967 bits per heavy atom. The molecule has 0 aromatic heterocycles. The molecule has 1 unspecified atom stereocenters. The van der Waals surface area contributed by atoms with Crippen LogP contribution in [0, 0.1) is 0 Å². The van der Waals surface area contributed by atoms with Gasteiger partial charge in [-0.3, -0.25) is 0 Å². The number of benzene rings is 2. The van der Waals surface area contributed by atoms with Crippen LogP contribution in [-0.4, -0.2) is 33.9 Å². The molecular formula is C24H33NO4Si. The average molecular weight is 428 g/mol. The normalized spacial score (nSPS) is 19.3. The lowest BCUT2D eigenvalue weighted by atomic mass is 9.87. The molecule has 2 aromatic carbocycles. The van der Waals surface area contributed by atoms with Crippen LogP contribution in [0.25, 0.3) is 0 Å². The van der Waals surface area contributed by atoms with Gasteiger partial charge in [-0.1, -0.05) is 33.4 Å². The van der Waals surface area contributed by atoms with Crippen molar-refractivity contribution in [3.8, 4) is 17.2 Å². The van der Waals surface area contributed by atoms with E-state index < -0.39 is 14.5 Å². The molecule has 2 aromatic rings. The monoisotopic (exact) mass is 427 g/mol. The lowest BCUT2D eigenvalue weighted by molar-refractivity contribution is 0.144. The number of ether oxygens (including phenoxy) is 2. The molecule has 0 bridgehead atoms. The van der Waals surface area contributed by atoms with E-state index in [-0.39, 0.29) is 11.1 Å².